The molecule has 9 heteroatoms. The number of anilines is 1. The summed E-state index contributed by atoms with van der Waals surface area (Å²) in [6.07, 6.45) is 1.48. The fourth-order valence-corrected chi connectivity index (χ4v) is 4.51. The average molecular weight is 454 g/mol. The minimum absolute atomic E-state index is 0.0420. The molecule has 0 aromatic carbocycles. The molecule has 2 aliphatic rings. The van der Waals surface area contributed by atoms with Crippen LogP contribution in [0.15, 0.2) is 0 Å². The summed E-state index contributed by atoms with van der Waals surface area (Å²) in [5.74, 6) is -0.336. The van der Waals surface area contributed by atoms with Gasteiger partial charge in [0.2, 0.25) is 5.91 Å². The van der Waals surface area contributed by atoms with Crippen molar-refractivity contribution in [2.45, 2.75) is 19.4 Å². The molecule has 0 spiro atoms. The number of primary amides is 1. The van der Waals surface area contributed by atoms with Crippen LogP contribution in [0.2, 0.25) is 0 Å². The van der Waals surface area contributed by atoms with Gasteiger partial charge in [0.15, 0.2) is 0 Å². The minimum atomic E-state index is -0.494. The van der Waals surface area contributed by atoms with E-state index in [1.165, 1.54) is 20.6 Å². The second-order valence-electron chi connectivity index (χ2n) is 5.31. The maximum Gasteiger partial charge on any atom is 0.251 e. The summed E-state index contributed by atoms with van der Waals surface area (Å²) >= 11 is 3.44. The highest BCUT2D eigenvalue weighted by atomic mass is 127. The van der Waals surface area contributed by atoms with Gasteiger partial charge in [0.1, 0.15) is 5.00 Å². The summed E-state index contributed by atoms with van der Waals surface area (Å²) in [5.41, 5.74) is 6.87. The van der Waals surface area contributed by atoms with Crippen LogP contribution in [0.25, 0.3) is 0 Å². The Balaban J connectivity index is 1.71. The van der Waals surface area contributed by atoms with E-state index in [9.17, 15) is 9.59 Å². The Kier molecular flexibility index (Phi) is 5.28. The zero-order valence-corrected chi connectivity index (χ0v) is 15.4. The summed E-state index contributed by atoms with van der Waals surface area (Å²) in [6.45, 7) is 1.62. The Hall–Kier alpha value is -0.360. The molecule has 2 unspecified atom stereocenters. The first-order chi connectivity index (χ1) is 10.6. The number of fused-ring (bicyclic) bond motifs is 1. The molecule has 3 N–H and O–H groups in total. The molecule has 2 atom stereocenters. The van der Waals surface area contributed by atoms with Gasteiger partial charge in [0.05, 0.1) is 34.6 Å². The number of rotatable bonds is 6. The highest BCUT2D eigenvalue weighted by molar-refractivity contribution is 14.2. The van der Waals surface area contributed by atoms with Crippen molar-refractivity contribution in [1.29, 1.82) is 0 Å². The molecular weight excluding hydrogens is 439 g/mol. The predicted molar refractivity (Wildman–Crippen MR) is 94.0 cm³/mol. The first-order valence-electron chi connectivity index (χ1n) is 6.85. The predicted octanol–water partition coefficient (Wildman–Crippen LogP) is 2.51. The van der Waals surface area contributed by atoms with Gasteiger partial charge < -0.3 is 20.0 Å². The van der Waals surface area contributed by atoms with Crippen molar-refractivity contribution in [2.24, 2.45) is 17.6 Å². The first kappa shape index (κ1) is 16.5. The molecule has 120 valence electrons. The molecule has 1 aliphatic heterocycles. The normalized spacial score (nSPS) is 23.0. The minimum Gasteiger partial charge on any atom is -0.376 e. The van der Waals surface area contributed by atoms with Crippen molar-refractivity contribution in [3.8, 4) is 0 Å². The fourth-order valence-electron chi connectivity index (χ4n) is 2.65. The van der Waals surface area contributed by atoms with Gasteiger partial charge in [0, 0.05) is 32.0 Å². The summed E-state index contributed by atoms with van der Waals surface area (Å²) in [6, 6.07) is 0. The van der Waals surface area contributed by atoms with Crippen LogP contribution < -0.4 is 11.1 Å². The Morgan fingerprint density at radius 2 is 2.36 bits per heavy atom. The maximum atomic E-state index is 12.3. The van der Waals surface area contributed by atoms with E-state index in [0.717, 1.165) is 16.9 Å². The molecule has 1 saturated carbocycles. The average Bonchev–Trinajstić information content (AvgIpc) is 3.17. The molecule has 1 aliphatic carbocycles. The van der Waals surface area contributed by atoms with Gasteiger partial charge in [-0.25, -0.2) is 0 Å². The van der Waals surface area contributed by atoms with Crippen molar-refractivity contribution < 1.29 is 18.5 Å². The lowest BCUT2D eigenvalue weighted by Gasteiger charge is -2.12. The van der Waals surface area contributed by atoms with E-state index in [1.807, 2.05) is 0 Å². The Morgan fingerprint density at radius 3 is 3.09 bits per heavy atom. The van der Waals surface area contributed by atoms with E-state index in [0.29, 0.717) is 36.8 Å². The quantitative estimate of drug-likeness (QED) is 0.510. The molecule has 22 heavy (non-hydrogen) atoms. The van der Waals surface area contributed by atoms with Gasteiger partial charge in [-0.1, -0.05) is 0 Å². The van der Waals surface area contributed by atoms with Gasteiger partial charge in [-0.05, 0) is 24.3 Å². The number of ether oxygens (including phenoxy) is 1. The lowest BCUT2D eigenvalue weighted by molar-refractivity contribution is -0.117. The first-order valence-corrected chi connectivity index (χ1v) is 10.9. The molecule has 1 aromatic heterocycles. The van der Waals surface area contributed by atoms with E-state index in [1.54, 1.807) is 0 Å². The molecule has 0 saturated heterocycles. The third-order valence-corrected chi connectivity index (χ3v) is 6.00. The van der Waals surface area contributed by atoms with E-state index >= 15 is 0 Å². The summed E-state index contributed by atoms with van der Waals surface area (Å²) in [5, 5.41) is 3.43. The second-order valence-corrected chi connectivity index (χ2v) is 7.86. The molecule has 6 nitrogen and oxygen atoms in total. The number of hydrogen-bond acceptors (Lipinski definition) is 6. The molecular formula is C13H15IN2O4S2. The number of nitrogens with two attached hydrogens (primary N) is 1. The van der Waals surface area contributed by atoms with Crippen molar-refractivity contribution in [3.63, 3.8) is 0 Å². The van der Waals surface area contributed by atoms with Crippen LogP contribution in [0.4, 0.5) is 5.00 Å². The van der Waals surface area contributed by atoms with Crippen LogP contribution in [0, 0.1) is 11.8 Å². The van der Waals surface area contributed by atoms with Gasteiger partial charge in [-0.2, -0.15) is 0 Å². The van der Waals surface area contributed by atoms with Crippen molar-refractivity contribution in [3.05, 3.63) is 16.0 Å². The van der Waals surface area contributed by atoms with Gasteiger partial charge in [-0.3, -0.25) is 9.59 Å². The van der Waals surface area contributed by atoms with Crippen molar-refractivity contribution in [2.75, 3.05) is 18.5 Å². The lowest BCUT2D eigenvalue weighted by atomic mass is 10.1. The van der Waals surface area contributed by atoms with Crippen LogP contribution in [0.3, 0.4) is 0 Å². The Labute approximate surface area is 148 Å². The third-order valence-electron chi connectivity index (χ3n) is 3.89. The number of amides is 2. The molecule has 2 heterocycles. The molecule has 0 bridgehead atoms. The zero-order chi connectivity index (χ0) is 15.7. The van der Waals surface area contributed by atoms with Gasteiger partial charge in [-0.15, -0.1) is 11.3 Å². The molecule has 3 rings (SSSR count). The number of halogens is 1. The van der Waals surface area contributed by atoms with Crippen molar-refractivity contribution >= 4 is 58.6 Å². The van der Waals surface area contributed by atoms with Crippen LogP contribution in [0.1, 0.15) is 27.2 Å². The monoisotopic (exact) mass is 454 g/mol. The maximum absolute atomic E-state index is 12.3. The Bertz CT molecular complexity index is 607. The lowest BCUT2D eigenvalue weighted by Crippen LogP contribution is -2.20. The number of thiophene rings is 1. The van der Waals surface area contributed by atoms with Gasteiger partial charge in [0.25, 0.3) is 5.91 Å². The van der Waals surface area contributed by atoms with Crippen LogP contribution in [-0.4, -0.2) is 25.0 Å². The van der Waals surface area contributed by atoms with Crippen LogP contribution in [-0.2, 0) is 26.7 Å². The second kappa shape index (κ2) is 7.04. The number of carbonyl (C=O) groups is 2. The summed E-state index contributed by atoms with van der Waals surface area (Å²) in [7, 11) is 1.28. The van der Waals surface area contributed by atoms with E-state index in [2.05, 4.69) is 26.5 Å². The largest absolute Gasteiger partial charge is 0.376 e. The molecule has 2 amide bonds. The zero-order valence-electron chi connectivity index (χ0n) is 11.6. The SMILES string of the molecule is NC(=O)c1c(NC(=O)C2CC2COSI)sc2c1CCOC2. The standard InChI is InChI=1S/C13H15IN2O4S2/c14-22-20-4-6-3-8(6)12(18)16-13-10(11(15)17)7-1-2-19-5-9(7)21-13/h6,8H,1-5H2,(H2,15,17)(H,16,18). The topological polar surface area (TPSA) is 90.7 Å². The van der Waals surface area contributed by atoms with Crippen LogP contribution >= 0.6 is 41.8 Å². The van der Waals surface area contributed by atoms with E-state index in [4.69, 9.17) is 14.7 Å². The molecule has 1 fully saturated rings. The summed E-state index contributed by atoms with van der Waals surface area (Å²) < 4.78 is 10.6. The molecule has 1 aromatic rings. The van der Waals surface area contributed by atoms with E-state index in [-0.39, 0.29) is 17.7 Å². The third kappa shape index (κ3) is 3.42. The van der Waals surface area contributed by atoms with E-state index < -0.39 is 5.91 Å². The number of nitrogens with one attached hydrogen (secondary N) is 1. The van der Waals surface area contributed by atoms with Crippen molar-refractivity contribution in [1.82, 2.24) is 0 Å². The highest BCUT2D eigenvalue weighted by Crippen LogP contribution is 2.42. The molecule has 0 radical (unpaired) electrons. The van der Waals surface area contributed by atoms with Crippen LogP contribution in [0.5, 0.6) is 0 Å². The smallest absolute Gasteiger partial charge is 0.251 e. The Morgan fingerprint density at radius 1 is 1.55 bits per heavy atom. The van der Waals surface area contributed by atoms with Gasteiger partial charge >= 0.3 is 0 Å². The number of carbonyl (C=O) groups excluding carboxylic acids is 2. The number of hydrogen-bond donors (Lipinski definition) is 2. The summed E-state index contributed by atoms with van der Waals surface area (Å²) in [4.78, 5) is 25.0. The fraction of sp³-hybridized carbons (Fsp3) is 0.538. The highest BCUT2D eigenvalue weighted by Gasteiger charge is 2.43.